The predicted molar refractivity (Wildman–Crippen MR) is 103 cm³/mol. The van der Waals surface area contributed by atoms with Crippen molar-refractivity contribution < 1.29 is 28.3 Å². The minimum atomic E-state index is -4.22. The van der Waals surface area contributed by atoms with Crippen LogP contribution in [0.3, 0.4) is 0 Å². The molecular formula is C16H25N6O6P. The van der Waals surface area contributed by atoms with Crippen molar-refractivity contribution in [2.24, 2.45) is 0 Å². The standard InChI is InChI=1S/C16H25N6O6P/c1-2-3-4-5-6-18-16-21-10-13(17)19-8-20-14(10)22(16)15-11(23)12-9(27-15)7-26-29(24,25)28-12/h8-9,11-12,15,23H,2-7H2,1H3,(H,18,21)(H,24,25)(H2,17,19,20)/t9-,11+,12?,15-/m1/s1. The zero-order valence-electron chi connectivity index (χ0n) is 16.0. The van der Waals surface area contributed by atoms with Gasteiger partial charge < -0.3 is 25.8 Å². The van der Waals surface area contributed by atoms with Gasteiger partial charge in [-0.3, -0.25) is 13.6 Å². The highest BCUT2D eigenvalue weighted by Gasteiger charge is 2.53. The van der Waals surface area contributed by atoms with Gasteiger partial charge in [0.05, 0.1) is 6.61 Å². The molecule has 2 saturated heterocycles. The third-order valence-corrected chi connectivity index (χ3v) is 6.02. The summed E-state index contributed by atoms with van der Waals surface area (Å²) >= 11 is 0. The highest BCUT2D eigenvalue weighted by atomic mass is 31.2. The van der Waals surface area contributed by atoms with Crippen molar-refractivity contribution in [2.75, 3.05) is 24.2 Å². The molecule has 0 aromatic carbocycles. The first kappa shape index (κ1) is 20.5. The number of nitrogens with two attached hydrogens (primary N) is 1. The highest BCUT2D eigenvalue weighted by molar-refractivity contribution is 7.47. The Balaban J connectivity index is 1.64. The number of rotatable bonds is 7. The molecular weight excluding hydrogens is 403 g/mol. The number of fused-ring (bicyclic) bond motifs is 2. The van der Waals surface area contributed by atoms with Gasteiger partial charge in [0.15, 0.2) is 23.2 Å². The Kier molecular flexibility index (Phi) is 5.74. The Bertz CT molecular complexity index is 925. The maximum Gasteiger partial charge on any atom is 0.472 e. The third-order valence-electron chi connectivity index (χ3n) is 5.04. The molecule has 2 aliphatic heterocycles. The summed E-state index contributed by atoms with van der Waals surface area (Å²) < 4.78 is 29.1. The van der Waals surface area contributed by atoms with Crippen LogP contribution in [0.1, 0.15) is 38.8 Å². The number of phosphoric acid groups is 1. The summed E-state index contributed by atoms with van der Waals surface area (Å²) in [6.07, 6.45) is 1.68. The van der Waals surface area contributed by atoms with E-state index in [9.17, 15) is 14.6 Å². The zero-order valence-corrected chi connectivity index (χ0v) is 16.9. The molecule has 13 heteroatoms. The van der Waals surface area contributed by atoms with Gasteiger partial charge in [-0.2, -0.15) is 0 Å². The van der Waals surface area contributed by atoms with Gasteiger partial charge in [-0.15, -0.1) is 0 Å². The molecule has 2 unspecified atom stereocenters. The maximum atomic E-state index is 11.7. The number of hydrogen-bond donors (Lipinski definition) is 4. The van der Waals surface area contributed by atoms with E-state index in [4.69, 9.17) is 19.5 Å². The molecule has 2 aromatic heterocycles. The fourth-order valence-corrected chi connectivity index (χ4v) is 4.56. The Morgan fingerprint density at radius 1 is 1.38 bits per heavy atom. The van der Waals surface area contributed by atoms with Gasteiger partial charge in [-0.25, -0.2) is 19.5 Å². The molecule has 2 aromatic rings. The number of nitrogens with zero attached hydrogens (tertiary/aromatic N) is 4. The van der Waals surface area contributed by atoms with Crippen molar-refractivity contribution in [3.8, 4) is 0 Å². The number of unbranched alkanes of at least 4 members (excludes halogenated alkanes) is 3. The van der Waals surface area contributed by atoms with E-state index in [1.165, 1.54) is 6.33 Å². The fourth-order valence-electron chi connectivity index (χ4n) is 3.59. The van der Waals surface area contributed by atoms with Gasteiger partial charge in [0.2, 0.25) is 5.95 Å². The molecule has 5 atom stereocenters. The summed E-state index contributed by atoms with van der Waals surface area (Å²) in [5.74, 6) is 0.617. The van der Waals surface area contributed by atoms with Crippen LogP contribution >= 0.6 is 7.82 Å². The second-order valence-corrected chi connectivity index (χ2v) is 8.52. The average Bonchev–Trinajstić information content (AvgIpc) is 3.19. The number of imidazole rings is 1. The van der Waals surface area contributed by atoms with E-state index in [-0.39, 0.29) is 12.4 Å². The lowest BCUT2D eigenvalue weighted by atomic mass is 10.1. The number of anilines is 2. The molecule has 4 heterocycles. The van der Waals surface area contributed by atoms with E-state index < -0.39 is 32.4 Å². The highest BCUT2D eigenvalue weighted by Crippen LogP contribution is 2.52. The van der Waals surface area contributed by atoms with Crippen LogP contribution in [0.4, 0.5) is 11.8 Å². The van der Waals surface area contributed by atoms with Crippen LogP contribution in [0.5, 0.6) is 0 Å². The van der Waals surface area contributed by atoms with E-state index in [1.54, 1.807) is 4.57 Å². The second-order valence-electron chi connectivity index (χ2n) is 7.11. The molecule has 0 radical (unpaired) electrons. The predicted octanol–water partition coefficient (Wildman–Crippen LogP) is 1.17. The van der Waals surface area contributed by atoms with Crippen molar-refractivity contribution in [1.82, 2.24) is 19.5 Å². The lowest BCUT2D eigenvalue weighted by molar-refractivity contribution is -0.0659. The van der Waals surface area contributed by atoms with Crippen molar-refractivity contribution in [2.45, 2.75) is 57.1 Å². The normalized spacial score (nSPS) is 31.8. The van der Waals surface area contributed by atoms with Crippen molar-refractivity contribution in [1.29, 1.82) is 0 Å². The van der Waals surface area contributed by atoms with Crippen LogP contribution < -0.4 is 11.1 Å². The lowest BCUT2D eigenvalue weighted by Gasteiger charge is -2.27. The molecule has 5 N–H and O–H groups in total. The summed E-state index contributed by atoms with van der Waals surface area (Å²) in [7, 11) is -4.22. The molecule has 4 rings (SSSR count). The molecule has 0 aliphatic carbocycles. The zero-order chi connectivity index (χ0) is 20.6. The maximum absolute atomic E-state index is 11.7. The number of phosphoric ester groups is 1. The molecule has 0 bridgehead atoms. The van der Waals surface area contributed by atoms with Gasteiger partial charge in [-0.1, -0.05) is 26.2 Å². The van der Waals surface area contributed by atoms with Crippen LogP contribution in [-0.2, 0) is 18.3 Å². The molecule has 0 spiro atoms. The van der Waals surface area contributed by atoms with Gasteiger partial charge in [0.1, 0.15) is 24.6 Å². The average molecular weight is 428 g/mol. The van der Waals surface area contributed by atoms with Gasteiger partial charge in [-0.05, 0) is 6.42 Å². The number of hydrogen-bond acceptors (Lipinski definition) is 10. The van der Waals surface area contributed by atoms with Crippen LogP contribution in [0, 0.1) is 0 Å². The largest absolute Gasteiger partial charge is 0.472 e. The fraction of sp³-hybridized carbons (Fsp3) is 0.688. The lowest BCUT2D eigenvalue weighted by Crippen LogP contribution is -2.39. The minimum Gasteiger partial charge on any atom is -0.386 e. The quantitative estimate of drug-likeness (QED) is 0.369. The van der Waals surface area contributed by atoms with Crippen LogP contribution in [0.2, 0.25) is 0 Å². The van der Waals surface area contributed by atoms with Gasteiger partial charge >= 0.3 is 7.82 Å². The number of aliphatic hydroxyl groups excluding tert-OH is 1. The first-order valence-electron chi connectivity index (χ1n) is 9.63. The Morgan fingerprint density at radius 3 is 3.00 bits per heavy atom. The molecule has 29 heavy (non-hydrogen) atoms. The smallest absolute Gasteiger partial charge is 0.386 e. The molecule has 12 nitrogen and oxygen atoms in total. The first-order chi connectivity index (χ1) is 13.9. The molecule has 0 saturated carbocycles. The molecule has 2 fully saturated rings. The second kappa shape index (κ2) is 8.13. The van der Waals surface area contributed by atoms with Crippen molar-refractivity contribution in [3.63, 3.8) is 0 Å². The molecule has 160 valence electrons. The Morgan fingerprint density at radius 2 is 2.21 bits per heavy atom. The molecule has 2 aliphatic rings. The number of ether oxygens (including phenoxy) is 1. The van der Waals surface area contributed by atoms with Crippen LogP contribution in [0.25, 0.3) is 11.2 Å². The van der Waals surface area contributed by atoms with E-state index in [0.717, 1.165) is 25.7 Å². The van der Waals surface area contributed by atoms with Crippen molar-refractivity contribution in [3.05, 3.63) is 6.33 Å². The van der Waals surface area contributed by atoms with E-state index >= 15 is 0 Å². The number of nitrogen functional groups attached to an aromatic ring is 1. The monoisotopic (exact) mass is 428 g/mol. The Labute approximate surface area is 167 Å². The molecule has 0 amide bonds. The topological polar surface area (TPSA) is 167 Å². The van der Waals surface area contributed by atoms with E-state index in [2.05, 4.69) is 27.2 Å². The van der Waals surface area contributed by atoms with E-state index in [0.29, 0.717) is 23.7 Å². The SMILES string of the molecule is CCCCCCNc1nc2c(N)ncnc2n1[C@@H]1O[C@@H]2COP(=O)(O)OC2[C@@H]1O. The number of aromatic nitrogens is 4. The van der Waals surface area contributed by atoms with Crippen LogP contribution in [-0.4, -0.2) is 61.0 Å². The van der Waals surface area contributed by atoms with Crippen molar-refractivity contribution >= 4 is 30.8 Å². The van der Waals surface area contributed by atoms with Gasteiger partial charge in [0.25, 0.3) is 0 Å². The van der Waals surface area contributed by atoms with Gasteiger partial charge in [0, 0.05) is 6.54 Å². The summed E-state index contributed by atoms with van der Waals surface area (Å²) in [4.78, 5) is 22.3. The Hall–Kier alpha value is -1.82. The summed E-state index contributed by atoms with van der Waals surface area (Å²) in [6, 6.07) is 0. The third kappa shape index (κ3) is 3.96. The summed E-state index contributed by atoms with van der Waals surface area (Å²) in [5.41, 5.74) is 6.70. The summed E-state index contributed by atoms with van der Waals surface area (Å²) in [6.45, 7) is 2.64. The minimum absolute atomic E-state index is 0.171. The first-order valence-corrected chi connectivity index (χ1v) is 11.1. The van der Waals surface area contributed by atoms with E-state index in [1.807, 2.05) is 0 Å². The number of aliphatic hydroxyl groups is 1. The van der Waals surface area contributed by atoms with Crippen LogP contribution in [0.15, 0.2) is 6.33 Å². The summed E-state index contributed by atoms with van der Waals surface area (Å²) in [5, 5.41) is 14.0. The number of nitrogens with one attached hydrogen (secondary N) is 1.